The highest BCUT2D eigenvalue weighted by molar-refractivity contribution is 5.81. The highest BCUT2D eigenvalue weighted by Crippen LogP contribution is 2.30. The van der Waals surface area contributed by atoms with Gasteiger partial charge in [-0.05, 0) is 38.0 Å². The van der Waals surface area contributed by atoms with Gasteiger partial charge in [-0.25, -0.2) is 0 Å². The molecule has 6 heteroatoms. The molecule has 0 spiro atoms. The number of ether oxygens (including phenoxy) is 2. The standard InChI is InChI=1S/C18H23N3O3/c1-12(10-21-14(3)8-13(2)20-21)9-19-18(22)17-11-23-15-6-4-5-7-16(15)24-17/h4-8,12,17H,9-11H2,1-3H3,(H,19,22)/t12-,17+/m0/s1. The summed E-state index contributed by atoms with van der Waals surface area (Å²) < 4.78 is 13.3. The molecule has 1 N–H and O–H groups in total. The van der Waals surface area contributed by atoms with Gasteiger partial charge in [-0.15, -0.1) is 0 Å². The predicted octanol–water partition coefficient (Wildman–Crippen LogP) is 2.09. The number of aryl methyl sites for hydroxylation is 2. The lowest BCUT2D eigenvalue weighted by Gasteiger charge is -2.26. The number of benzene rings is 1. The Labute approximate surface area is 141 Å². The van der Waals surface area contributed by atoms with Crippen molar-refractivity contribution in [1.29, 1.82) is 0 Å². The second-order valence-corrected chi connectivity index (χ2v) is 6.32. The summed E-state index contributed by atoms with van der Waals surface area (Å²) in [6.07, 6.45) is -0.610. The minimum Gasteiger partial charge on any atom is -0.485 e. The Kier molecular flexibility index (Phi) is 4.74. The summed E-state index contributed by atoms with van der Waals surface area (Å²) in [5, 5.41) is 7.40. The van der Waals surface area contributed by atoms with Gasteiger partial charge in [0.1, 0.15) is 6.61 Å². The van der Waals surface area contributed by atoms with Crippen LogP contribution in [0.4, 0.5) is 0 Å². The van der Waals surface area contributed by atoms with Gasteiger partial charge in [0, 0.05) is 18.8 Å². The molecule has 3 rings (SSSR count). The third-order valence-corrected chi connectivity index (χ3v) is 4.01. The van der Waals surface area contributed by atoms with Crippen molar-refractivity contribution in [2.45, 2.75) is 33.4 Å². The van der Waals surface area contributed by atoms with E-state index in [2.05, 4.69) is 23.4 Å². The lowest BCUT2D eigenvalue weighted by Crippen LogP contribution is -2.45. The fourth-order valence-electron chi connectivity index (χ4n) is 2.76. The highest BCUT2D eigenvalue weighted by Gasteiger charge is 2.27. The first kappa shape index (κ1) is 16.4. The maximum absolute atomic E-state index is 12.3. The van der Waals surface area contributed by atoms with Gasteiger partial charge in [-0.1, -0.05) is 19.1 Å². The van der Waals surface area contributed by atoms with Gasteiger partial charge < -0.3 is 14.8 Å². The Morgan fingerprint density at radius 1 is 1.38 bits per heavy atom. The quantitative estimate of drug-likeness (QED) is 0.912. The smallest absolute Gasteiger partial charge is 0.264 e. The molecule has 0 saturated heterocycles. The van der Waals surface area contributed by atoms with Crippen LogP contribution in [-0.2, 0) is 11.3 Å². The first-order chi connectivity index (χ1) is 11.5. The van der Waals surface area contributed by atoms with Crippen LogP contribution in [0.25, 0.3) is 0 Å². The van der Waals surface area contributed by atoms with E-state index < -0.39 is 6.10 Å². The average molecular weight is 329 g/mol. The Morgan fingerprint density at radius 3 is 2.83 bits per heavy atom. The fourth-order valence-corrected chi connectivity index (χ4v) is 2.76. The molecule has 128 valence electrons. The van der Waals surface area contributed by atoms with Gasteiger partial charge in [-0.2, -0.15) is 5.10 Å². The number of fused-ring (bicyclic) bond motifs is 1. The number of hydrogen-bond donors (Lipinski definition) is 1. The van der Waals surface area contributed by atoms with Gasteiger partial charge in [0.2, 0.25) is 6.10 Å². The zero-order valence-electron chi connectivity index (χ0n) is 14.3. The van der Waals surface area contributed by atoms with Crippen LogP contribution in [0.15, 0.2) is 30.3 Å². The largest absolute Gasteiger partial charge is 0.485 e. The number of aromatic nitrogens is 2. The van der Waals surface area contributed by atoms with E-state index in [1.54, 1.807) is 6.07 Å². The number of hydrogen-bond acceptors (Lipinski definition) is 4. The van der Waals surface area contributed by atoms with Gasteiger partial charge in [-0.3, -0.25) is 9.48 Å². The Hall–Kier alpha value is -2.50. The van der Waals surface area contributed by atoms with Crippen molar-refractivity contribution in [3.05, 3.63) is 41.7 Å². The number of carbonyl (C=O) groups excluding carboxylic acids is 1. The topological polar surface area (TPSA) is 65.4 Å². The van der Waals surface area contributed by atoms with Crippen molar-refractivity contribution in [2.75, 3.05) is 13.2 Å². The molecule has 2 atom stereocenters. The Morgan fingerprint density at radius 2 is 2.12 bits per heavy atom. The maximum atomic E-state index is 12.3. The molecule has 2 heterocycles. The normalized spacial score (nSPS) is 17.4. The van der Waals surface area contributed by atoms with E-state index in [0.717, 1.165) is 17.9 Å². The van der Waals surface area contributed by atoms with Crippen molar-refractivity contribution >= 4 is 5.91 Å². The summed E-state index contributed by atoms with van der Waals surface area (Å²) in [4.78, 5) is 12.3. The third kappa shape index (κ3) is 3.69. The van der Waals surface area contributed by atoms with E-state index in [4.69, 9.17) is 9.47 Å². The molecule has 1 aromatic heterocycles. The summed E-state index contributed by atoms with van der Waals surface area (Å²) in [6, 6.07) is 9.43. The summed E-state index contributed by atoms with van der Waals surface area (Å²) in [6.45, 7) is 7.67. The molecule has 0 aliphatic carbocycles. The van der Waals surface area contributed by atoms with Crippen LogP contribution >= 0.6 is 0 Å². The molecule has 2 aromatic rings. The number of amides is 1. The SMILES string of the molecule is Cc1cc(C)n(C[C@@H](C)CNC(=O)[C@H]2COc3ccccc3O2)n1. The molecule has 24 heavy (non-hydrogen) atoms. The minimum absolute atomic E-state index is 0.148. The molecule has 0 radical (unpaired) electrons. The van der Waals surface area contributed by atoms with E-state index in [1.807, 2.05) is 36.7 Å². The predicted molar refractivity (Wildman–Crippen MR) is 90.2 cm³/mol. The van der Waals surface area contributed by atoms with Crippen LogP contribution in [0, 0.1) is 19.8 Å². The van der Waals surface area contributed by atoms with E-state index in [9.17, 15) is 4.79 Å². The fraction of sp³-hybridized carbons (Fsp3) is 0.444. The third-order valence-electron chi connectivity index (χ3n) is 4.01. The van der Waals surface area contributed by atoms with Crippen molar-refractivity contribution in [3.63, 3.8) is 0 Å². The number of para-hydroxylation sites is 2. The van der Waals surface area contributed by atoms with Crippen molar-refractivity contribution in [2.24, 2.45) is 5.92 Å². The molecule has 1 aliphatic rings. The van der Waals surface area contributed by atoms with E-state index >= 15 is 0 Å². The molecule has 0 fully saturated rings. The Balaban J connectivity index is 1.50. The molecule has 1 aliphatic heterocycles. The summed E-state index contributed by atoms with van der Waals surface area (Å²) in [7, 11) is 0. The second kappa shape index (κ2) is 6.95. The first-order valence-corrected chi connectivity index (χ1v) is 8.20. The molecule has 6 nitrogen and oxygen atoms in total. The maximum Gasteiger partial charge on any atom is 0.264 e. The van der Waals surface area contributed by atoms with Gasteiger partial charge in [0.05, 0.1) is 5.69 Å². The van der Waals surface area contributed by atoms with Crippen LogP contribution in [-0.4, -0.2) is 34.9 Å². The van der Waals surface area contributed by atoms with Crippen LogP contribution in [0.3, 0.4) is 0 Å². The monoisotopic (exact) mass is 329 g/mol. The van der Waals surface area contributed by atoms with Gasteiger partial charge in [0.15, 0.2) is 11.5 Å². The molecule has 0 bridgehead atoms. The molecule has 0 unspecified atom stereocenters. The number of rotatable bonds is 5. The van der Waals surface area contributed by atoms with Crippen molar-refractivity contribution < 1.29 is 14.3 Å². The van der Waals surface area contributed by atoms with Crippen LogP contribution in [0.1, 0.15) is 18.3 Å². The number of nitrogens with one attached hydrogen (secondary N) is 1. The van der Waals surface area contributed by atoms with Crippen LogP contribution in [0.5, 0.6) is 11.5 Å². The Bertz CT molecular complexity index is 726. The summed E-state index contributed by atoms with van der Waals surface area (Å²) in [5.74, 6) is 1.41. The number of carbonyl (C=O) groups is 1. The van der Waals surface area contributed by atoms with Gasteiger partial charge in [0.25, 0.3) is 5.91 Å². The summed E-state index contributed by atoms with van der Waals surface area (Å²) in [5.41, 5.74) is 2.14. The molecular formula is C18H23N3O3. The molecule has 1 aromatic carbocycles. The second-order valence-electron chi connectivity index (χ2n) is 6.32. The van der Waals surface area contributed by atoms with E-state index in [-0.39, 0.29) is 18.4 Å². The molecular weight excluding hydrogens is 306 g/mol. The zero-order chi connectivity index (χ0) is 17.1. The first-order valence-electron chi connectivity index (χ1n) is 8.20. The van der Waals surface area contributed by atoms with Crippen LogP contribution in [0.2, 0.25) is 0 Å². The lowest BCUT2D eigenvalue weighted by atomic mass is 10.1. The summed E-state index contributed by atoms with van der Waals surface area (Å²) >= 11 is 0. The van der Waals surface area contributed by atoms with E-state index in [1.165, 1.54) is 0 Å². The van der Waals surface area contributed by atoms with Gasteiger partial charge >= 0.3 is 0 Å². The van der Waals surface area contributed by atoms with Crippen LogP contribution < -0.4 is 14.8 Å². The highest BCUT2D eigenvalue weighted by atomic mass is 16.6. The average Bonchev–Trinajstić information content (AvgIpc) is 2.89. The lowest BCUT2D eigenvalue weighted by molar-refractivity contribution is -0.130. The van der Waals surface area contributed by atoms with E-state index in [0.29, 0.717) is 18.0 Å². The molecule has 0 saturated carbocycles. The minimum atomic E-state index is -0.610. The zero-order valence-corrected chi connectivity index (χ0v) is 14.3. The van der Waals surface area contributed by atoms with Crippen molar-refractivity contribution in [1.82, 2.24) is 15.1 Å². The number of nitrogens with zero attached hydrogens (tertiary/aromatic N) is 2. The molecule has 1 amide bonds. The van der Waals surface area contributed by atoms with Crippen molar-refractivity contribution in [3.8, 4) is 11.5 Å².